The summed E-state index contributed by atoms with van der Waals surface area (Å²) in [4.78, 5) is 37.2. The summed E-state index contributed by atoms with van der Waals surface area (Å²) in [6.07, 6.45) is 6.77. The van der Waals surface area contributed by atoms with Crippen molar-refractivity contribution in [3.8, 4) is 0 Å². The third-order valence-corrected chi connectivity index (χ3v) is 9.03. The Labute approximate surface area is 208 Å². The predicted molar refractivity (Wildman–Crippen MR) is 131 cm³/mol. The van der Waals surface area contributed by atoms with E-state index < -0.39 is 0 Å². The molecule has 1 saturated carbocycles. The van der Waals surface area contributed by atoms with Crippen LogP contribution in [0.5, 0.6) is 0 Å². The third kappa shape index (κ3) is 4.89. The zero-order valence-electron chi connectivity index (χ0n) is 21.4. The molecule has 6 heteroatoms. The van der Waals surface area contributed by atoms with Crippen LogP contribution in [0.4, 0.5) is 0 Å². The molecule has 2 fully saturated rings. The van der Waals surface area contributed by atoms with Crippen LogP contribution in [-0.4, -0.2) is 37.7 Å². The summed E-state index contributed by atoms with van der Waals surface area (Å²) in [5.74, 6) is -0.123. The van der Waals surface area contributed by atoms with Crippen molar-refractivity contribution in [2.24, 2.45) is 28.6 Å². The van der Waals surface area contributed by atoms with Gasteiger partial charge in [0.1, 0.15) is 6.10 Å². The molecule has 0 radical (unpaired) electrons. The average Bonchev–Trinajstić information content (AvgIpc) is 3.09. The molecule has 1 aromatic rings. The number of allylic oxidation sites excluding steroid dienone is 1. The lowest BCUT2D eigenvalue weighted by Crippen LogP contribution is -2.56. The van der Waals surface area contributed by atoms with Gasteiger partial charge in [0.05, 0.1) is 20.1 Å². The van der Waals surface area contributed by atoms with Gasteiger partial charge in [-0.15, -0.1) is 0 Å². The normalized spacial score (nSPS) is 32.2. The first-order chi connectivity index (χ1) is 16.7. The van der Waals surface area contributed by atoms with E-state index in [2.05, 4.69) is 26.8 Å². The van der Waals surface area contributed by atoms with E-state index in [9.17, 15) is 14.4 Å². The second kappa shape index (κ2) is 10.2. The van der Waals surface area contributed by atoms with Crippen LogP contribution in [-0.2, 0) is 35.0 Å². The van der Waals surface area contributed by atoms with E-state index in [0.29, 0.717) is 19.4 Å². The molecular formula is C29H38O6. The Kier molecular flexibility index (Phi) is 7.39. The highest BCUT2D eigenvalue weighted by molar-refractivity contribution is 5.93. The maximum atomic E-state index is 12.7. The van der Waals surface area contributed by atoms with Crippen molar-refractivity contribution in [1.29, 1.82) is 0 Å². The molecule has 6 atom stereocenters. The molecule has 1 aromatic carbocycles. The predicted octanol–water partition coefficient (Wildman–Crippen LogP) is 5.05. The average molecular weight is 483 g/mol. The van der Waals surface area contributed by atoms with Gasteiger partial charge in [0.25, 0.3) is 0 Å². The van der Waals surface area contributed by atoms with Gasteiger partial charge in [-0.2, -0.15) is 0 Å². The van der Waals surface area contributed by atoms with Gasteiger partial charge in [-0.25, -0.2) is 4.79 Å². The standard InChI is InChI=1S/C29H38O6/c1-19(15-25(30)33-4)13-14-28(2)21(18-34-26(31)16-20-9-6-5-7-10-20)17-24-29(3)22(27(32)35-24)11-8-12-23(28)29/h5-7,9-11,19,21,23-24H,8,12-18H2,1-4H3/t19-,21+,23-,24+,28+,29+/m1/s1. The number of hydrogen-bond acceptors (Lipinski definition) is 6. The molecule has 0 spiro atoms. The van der Waals surface area contributed by atoms with Gasteiger partial charge in [-0.1, -0.05) is 57.2 Å². The van der Waals surface area contributed by atoms with Gasteiger partial charge in [0, 0.05) is 23.3 Å². The lowest BCUT2D eigenvalue weighted by atomic mass is 9.46. The highest BCUT2D eigenvalue weighted by atomic mass is 16.6. The van der Waals surface area contributed by atoms with E-state index in [4.69, 9.17) is 14.2 Å². The molecule has 1 saturated heterocycles. The number of esters is 3. The second-order valence-electron chi connectivity index (χ2n) is 11.1. The van der Waals surface area contributed by atoms with Crippen LogP contribution < -0.4 is 0 Å². The van der Waals surface area contributed by atoms with Crippen LogP contribution in [0.1, 0.15) is 64.9 Å². The molecule has 0 bridgehead atoms. The molecule has 6 nitrogen and oxygen atoms in total. The maximum Gasteiger partial charge on any atom is 0.334 e. The van der Waals surface area contributed by atoms with E-state index >= 15 is 0 Å². The first-order valence-electron chi connectivity index (χ1n) is 12.9. The van der Waals surface area contributed by atoms with Gasteiger partial charge < -0.3 is 14.2 Å². The Bertz CT molecular complexity index is 984. The molecule has 35 heavy (non-hydrogen) atoms. The molecule has 4 rings (SSSR count). The van der Waals surface area contributed by atoms with Crippen LogP contribution in [0.25, 0.3) is 0 Å². The molecule has 0 N–H and O–H groups in total. The fourth-order valence-electron chi connectivity index (χ4n) is 6.91. The van der Waals surface area contributed by atoms with Crippen molar-refractivity contribution in [3.05, 3.63) is 47.5 Å². The minimum Gasteiger partial charge on any atom is -0.469 e. The Morgan fingerprint density at radius 3 is 2.63 bits per heavy atom. The van der Waals surface area contributed by atoms with Crippen LogP contribution in [0.3, 0.4) is 0 Å². The molecule has 1 aliphatic heterocycles. The molecule has 0 amide bonds. The first-order valence-corrected chi connectivity index (χ1v) is 12.9. The van der Waals surface area contributed by atoms with Crippen LogP contribution in [0, 0.1) is 28.6 Å². The smallest absolute Gasteiger partial charge is 0.334 e. The zero-order chi connectivity index (χ0) is 25.2. The Morgan fingerprint density at radius 2 is 1.91 bits per heavy atom. The summed E-state index contributed by atoms with van der Waals surface area (Å²) in [7, 11) is 1.42. The second-order valence-corrected chi connectivity index (χ2v) is 11.1. The summed E-state index contributed by atoms with van der Waals surface area (Å²) in [6.45, 7) is 6.88. The topological polar surface area (TPSA) is 78.9 Å². The van der Waals surface area contributed by atoms with E-state index in [0.717, 1.165) is 36.8 Å². The van der Waals surface area contributed by atoms with Gasteiger partial charge in [-0.05, 0) is 54.9 Å². The van der Waals surface area contributed by atoms with E-state index in [1.807, 2.05) is 30.3 Å². The fraction of sp³-hybridized carbons (Fsp3) is 0.621. The summed E-state index contributed by atoms with van der Waals surface area (Å²) in [5.41, 5.74) is 1.28. The first kappa shape index (κ1) is 25.5. The molecule has 190 valence electrons. The van der Waals surface area contributed by atoms with Crippen LogP contribution in [0.2, 0.25) is 0 Å². The third-order valence-electron chi connectivity index (χ3n) is 9.03. The van der Waals surface area contributed by atoms with Crippen molar-refractivity contribution in [1.82, 2.24) is 0 Å². The minimum absolute atomic E-state index is 0.0703. The SMILES string of the molecule is COC(=O)C[C@H](C)CC[C@@]1(C)[C@H](COC(=O)Cc2ccccc2)C[C@@H]2OC(=O)C3=CCC[C@H]1[C@]32C. The number of benzene rings is 1. The number of hydrogen-bond donors (Lipinski definition) is 0. The monoisotopic (exact) mass is 482 g/mol. The largest absolute Gasteiger partial charge is 0.469 e. The summed E-state index contributed by atoms with van der Waals surface area (Å²) >= 11 is 0. The summed E-state index contributed by atoms with van der Waals surface area (Å²) in [5, 5.41) is 0. The lowest BCUT2D eigenvalue weighted by molar-refractivity contribution is -0.163. The molecule has 1 heterocycles. The molecular weight excluding hydrogens is 444 g/mol. The van der Waals surface area contributed by atoms with Crippen LogP contribution in [0.15, 0.2) is 42.0 Å². The number of rotatable bonds is 9. The lowest BCUT2D eigenvalue weighted by Gasteiger charge is -2.57. The molecule has 3 aliphatic rings. The van der Waals surface area contributed by atoms with Crippen LogP contribution >= 0.6 is 0 Å². The number of carbonyl (C=O) groups excluding carboxylic acids is 3. The summed E-state index contributed by atoms with van der Waals surface area (Å²) in [6, 6.07) is 9.61. The van der Waals surface area contributed by atoms with E-state index in [-0.39, 0.29) is 59.0 Å². The van der Waals surface area contributed by atoms with E-state index in [1.165, 1.54) is 7.11 Å². The van der Waals surface area contributed by atoms with Gasteiger partial charge in [-0.3, -0.25) is 9.59 Å². The van der Waals surface area contributed by atoms with Gasteiger partial charge >= 0.3 is 17.9 Å². The Balaban J connectivity index is 1.53. The van der Waals surface area contributed by atoms with Crippen molar-refractivity contribution < 1.29 is 28.6 Å². The highest BCUT2D eigenvalue weighted by Gasteiger charge is 2.65. The van der Waals surface area contributed by atoms with Crippen molar-refractivity contribution >= 4 is 17.9 Å². The number of carbonyl (C=O) groups is 3. The Hall–Kier alpha value is -2.63. The van der Waals surface area contributed by atoms with Gasteiger partial charge in [0.2, 0.25) is 0 Å². The highest BCUT2D eigenvalue weighted by Crippen LogP contribution is 2.65. The van der Waals surface area contributed by atoms with E-state index in [1.54, 1.807) is 0 Å². The summed E-state index contributed by atoms with van der Waals surface area (Å²) < 4.78 is 16.6. The number of methoxy groups -OCH3 is 1. The maximum absolute atomic E-state index is 12.7. The molecule has 0 aromatic heterocycles. The zero-order valence-corrected chi connectivity index (χ0v) is 21.4. The fourth-order valence-corrected chi connectivity index (χ4v) is 6.91. The van der Waals surface area contributed by atoms with Crippen molar-refractivity contribution in [2.75, 3.05) is 13.7 Å². The minimum atomic E-state index is -0.319. The van der Waals surface area contributed by atoms with Crippen molar-refractivity contribution in [3.63, 3.8) is 0 Å². The molecule has 2 aliphatic carbocycles. The van der Waals surface area contributed by atoms with Crippen molar-refractivity contribution in [2.45, 2.75) is 71.8 Å². The van der Waals surface area contributed by atoms with Gasteiger partial charge in [0.15, 0.2) is 0 Å². The molecule has 0 unspecified atom stereocenters. The number of ether oxygens (including phenoxy) is 3. The Morgan fingerprint density at radius 1 is 1.17 bits per heavy atom. The quantitative estimate of drug-likeness (QED) is 0.362.